The van der Waals surface area contributed by atoms with E-state index >= 15 is 0 Å². The van der Waals surface area contributed by atoms with E-state index < -0.39 is 0 Å². The first-order valence-electron chi connectivity index (χ1n) is 14.5. The summed E-state index contributed by atoms with van der Waals surface area (Å²) >= 11 is 1.51. The molecule has 1 heterocycles. The van der Waals surface area contributed by atoms with E-state index in [9.17, 15) is 0 Å². The molecule has 0 radical (unpaired) electrons. The fraction of sp³-hybridized carbons (Fsp3) is 0.308. The van der Waals surface area contributed by atoms with E-state index in [4.69, 9.17) is 4.42 Å². The average Bonchev–Trinajstić information content (AvgIpc) is 3.68. The van der Waals surface area contributed by atoms with E-state index in [0.29, 0.717) is 5.92 Å². The first-order chi connectivity index (χ1) is 19.3. The monoisotopic (exact) mass is 688 g/mol. The van der Waals surface area contributed by atoms with Crippen LogP contribution in [0.25, 0.3) is 16.7 Å². The van der Waals surface area contributed by atoms with Crippen molar-refractivity contribution in [2.75, 3.05) is 0 Å². The quantitative estimate of drug-likeness (QED) is 0.168. The maximum atomic E-state index is 5.23. The normalized spacial score (nSPS) is 14.5. The van der Waals surface area contributed by atoms with Gasteiger partial charge in [0.2, 0.25) is 0 Å². The smallest absolute Gasteiger partial charge is 0.147 e. The summed E-state index contributed by atoms with van der Waals surface area (Å²) in [5, 5.41) is 0. The zero-order valence-electron chi connectivity index (χ0n) is 26.7. The Bertz CT molecular complexity index is 1490. The van der Waals surface area contributed by atoms with E-state index in [2.05, 4.69) is 128 Å². The van der Waals surface area contributed by atoms with Gasteiger partial charge in [-0.3, -0.25) is 6.08 Å². The Morgan fingerprint density at radius 1 is 0.837 bits per heavy atom. The molecule has 4 heteroatoms. The van der Waals surface area contributed by atoms with Crippen LogP contribution in [0.4, 0.5) is 0 Å². The van der Waals surface area contributed by atoms with Crippen molar-refractivity contribution in [3.05, 3.63) is 137 Å². The van der Waals surface area contributed by atoms with Crippen molar-refractivity contribution in [1.82, 2.24) is 0 Å². The van der Waals surface area contributed by atoms with Crippen molar-refractivity contribution in [2.24, 2.45) is 5.92 Å². The maximum Gasteiger partial charge on any atom is -0.147 e. The van der Waals surface area contributed by atoms with Crippen LogP contribution >= 0.6 is 24.8 Å². The Morgan fingerprint density at radius 3 is 2.00 bits per heavy atom. The molecule has 0 aliphatic heterocycles. The Hall–Kier alpha value is -2.25. The predicted octanol–water partition coefficient (Wildman–Crippen LogP) is 10.9. The van der Waals surface area contributed by atoms with Crippen LogP contribution in [0.2, 0.25) is 0 Å². The molecule has 0 bridgehead atoms. The third-order valence-electron chi connectivity index (χ3n) is 7.47. The summed E-state index contributed by atoms with van der Waals surface area (Å²) in [5.41, 5.74) is 11.3. The van der Waals surface area contributed by atoms with E-state index in [0.717, 1.165) is 17.8 Å². The number of rotatable bonds is 2. The molecule has 1 atom stereocenters. The molecule has 43 heavy (non-hydrogen) atoms. The summed E-state index contributed by atoms with van der Waals surface area (Å²) in [4.78, 5) is 0. The predicted molar refractivity (Wildman–Crippen MR) is 185 cm³/mol. The first-order valence-corrected chi connectivity index (χ1v) is 15.7. The molecule has 3 aromatic carbocycles. The molecule has 0 N–H and O–H groups in total. The second-order valence-corrected chi connectivity index (χ2v) is 14.9. The molecule has 0 saturated carbocycles. The largest absolute Gasteiger partial charge is 0.147 e. The van der Waals surface area contributed by atoms with Crippen molar-refractivity contribution in [3.63, 3.8) is 0 Å². The molecule has 2 aliphatic rings. The fourth-order valence-electron chi connectivity index (χ4n) is 4.86. The standard InChI is InChI=1S/C21H25.C10H9O.C8H8.2ClH.Zr/c1-20(2,3)16-9-7-14-11-15-8-10-17(21(4,5)6)13-19(15)18(14)12-16;1-8-4-5-9(7-8)10-3-2-6-11-10;1-2-8-6-4-3-5-7-8;;;/h7,9-10,12-13H,11H2,1-6H3;2-3,5-8H,1H3;3-7H,1H3;2*1H;/q2*-1;;;;+2. The number of halogens is 2. The van der Waals surface area contributed by atoms with Gasteiger partial charge in [0.15, 0.2) is 0 Å². The van der Waals surface area contributed by atoms with E-state index in [1.54, 1.807) is 6.26 Å². The van der Waals surface area contributed by atoms with Crippen LogP contribution in [-0.4, -0.2) is 3.21 Å². The van der Waals surface area contributed by atoms with Crippen LogP contribution in [-0.2, 0) is 41.5 Å². The molecule has 4 aromatic rings. The van der Waals surface area contributed by atoms with Crippen molar-refractivity contribution < 1.29 is 28.7 Å². The Balaban J connectivity index is 0.000000247. The summed E-state index contributed by atoms with van der Waals surface area (Å²) in [5.74, 6) is 1.36. The molecule has 6 rings (SSSR count). The van der Waals surface area contributed by atoms with Gasteiger partial charge in [0.25, 0.3) is 0 Å². The van der Waals surface area contributed by atoms with Gasteiger partial charge in [0.1, 0.15) is 0 Å². The second-order valence-electron chi connectivity index (χ2n) is 13.0. The van der Waals surface area contributed by atoms with Gasteiger partial charge in [-0.2, -0.15) is 35.4 Å². The van der Waals surface area contributed by atoms with Gasteiger partial charge in [-0.15, -0.1) is 36.0 Å². The van der Waals surface area contributed by atoms with Crippen molar-refractivity contribution >= 4 is 33.6 Å². The minimum Gasteiger partial charge on any atom is -0.147 e. The second kappa shape index (κ2) is 15.7. The fourth-order valence-corrected chi connectivity index (χ4v) is 5.27. The number of hydrogen-bond acceptors (Lipinski definition) is 1. The number of benzene rings is 3. The van der Waals surface area contributed by atoms with Gasteiger partial charge >= 0.3 is 70.3 Å². The van der Waals surface area contributed by atoms with E-state index in [1.165, 1.54) is 66.4 Å². The van der Waals surface area contributed by atoms with Crippen LogP contribution in [0.3, 0.4) is 0 Å². The number of allylic oxidation sites excluding steroid dienone is 4. The average molecular weight is 691 g/mol. The zero-order chi connectivity index (χ0) is 29.8. The van der Waals surface area contributed by atoms with Gasteiger partial charge in [-0.1, -0.05) is 89.1 Å². The van der Waals surface area contributed by atoms with Crippen LogP contribution in [0.1, 0.15) is 89.0 Å². The van der Waals surface area contributed by atoms with Gasteiger partial charge in [0, 0.05) is 0 Å². The topological polar surface area (TPSA) is 13.1 Å². The molecule has 0 saturated heterocycles. The van der Waals surface area contributed by atoms with Crippen LogP contribution in [0.5, 0.6) is 0 Å². The minimum absolute atomic E-state index is 0. The van der Waals surface area contributed by atoms with Crippen LogP contribution < -0.4 is 0 Å². The molecule has 1 aromatic heterocycles. The number of furan rings is 1. The summed E-state index contributed by atoms with van der Waals surface area (Å²) < 4.78 is 6.69. The molecular weight excluding hydrogens is 647 g/mol. The Labute approximate surface area is 287 Å². The van der Waals surface area contributed by atoms with Gasteiger partial charge in [-0.25, -0.2) is 6.08 Å². The molecule has 2 aliphatic carbocycles. The third-order valence-corrected chi connectivity index (χ3v) is 8.18. The Morgan fingerprint density at radius 2 is 1.49 bits per heavy atom. The third kappa shape index (κ3) is 9.87. The van der Waals surface area contributed by atoms with E-state index in [1.807, 2.05) is 24.3 Å². The van der Waals surface area contributed by atoms with Crippen LogP contribution in [0.15, 0.2) is 95.6 Å². The minimum atomic E-state index is 0. The van der Waals surface area contributed by atoms with E-state index in [-0.39, 0.29) is 35.6 Å². The molecular formula is C39H44Cl2OZr. The molecule has 0 fully saturated rings. The first kappa shape index (κ1) is 36.9. The molecule has 1 nitrogen and oxygen atoms in total. The van der Waals surface area contributed by atoms with Gasteiger partial charge < -0.3 is 4.42 Å². The molecule has 224 valence electrons. The van der Waals surface area contributed by atoms with Crippen molar-refractivity contribution in [1.29, 1.82) is 0 Å². The molecule has 0 spiro atoms. The Kier molecular flexibility index (Phi) is 13.5. The SMILES string of the molecule is CC(C)(C)c1c[c-]c2c(c1)-c1cc(C(C)(C)C)ccc1C2.CC1[C-]=CC(c2ccco2)=C1.C[C](=[Zr+2])c1ccccc1.Cl.Cl. The summed E-state index contributed by atoms with van der Waals surface area (Å²) in [7, 11) is 0. The van der Waals surface area contributed by atoms with Gasteiger partial charge in [-0.05, 0) is 29.5 Å². The van der Waals surface area contributed by atoms with Crippen molar-refractivity contribution in [2.45, 2.75) is 72.6 Å². The van der Waals surface area contributed by atoms with Crippen LogP contribution in [0, 0.1) is 18.1 Å². The molecule has 1 unspecified atom stereocenters. The summed E-state index contributed by atoms with van der Waals surface area (Å²) in [6.45, 7) is 17.9. The zero-order valence-corrected chi connectivity index (χ0v) is 30.8. The number of fused-ring (bicyclic) bond motifs is 3. The summed E-state index contributed by atoms with van der Waals surface area (Å²) in [6.07, 6.45) is 10.0. The number of hydrogen-bond donors (Lipinski definition) is 0. The molecule has 0 amide bonds. The van der Waals surface area contributed by atoms with Gasteiger partial charge in [0.05, 0.1) is 12.0 Å². The van der Waals surface area contributed by atoms with Crippen molar-refractivity contribution in [3.8, 4) is 11.1 Å². The maximum absolute atomic E-state index is 5.23. The summed E-state index contributed by atoms with van der Waals surface area (Å²) in [6, 6.07) is 29.4.